The number of aliphatic hydroxyl groups excluding tert-OH is 1. The van der Waals surface area contributed by atoms with E-state index in [9.17, 15) is 5.11 Å². The molecule has 1 aliphatic carbocycles. The lowest BCUT2D eigenvalue weighted by molar-refractivity contribution is 0.277. The highest BCUT2D eigenvalue weighted by Crippen LogP contribution is 2.42. The summed E-state index contributed by atoms with van der Waals surface area (Å²) in [7, 11) is 2.06. The number of rotatable bonds is 3. The van der Waals surface area contributed by atoms with E-state index in [-0.39, 0.29) is 6.61 Å². The molecule has 0 amide bonds. The van der Waals surface area contributed by atoms with Crippen molar-refractivity contribution in [2.75, 3.05) is 18.6 Å². The van der Waals surface area contributed by atoms with Gasteiger partial charge in [0.2, 0.25) is 0 Å². The number of aliphatic hydroxyl groups is 1. The Balaban J connectivity index is 1.87. The van der Waals surface area contributed by atoms with Gasteiger partial charge >= 0.3 is 0 Å². The van der Waals surface area contributed by atoms with Gasteiger partial charge in [0.05, 0.1) is 24.7 Å². The van der Waals surface area contributed by atoms with E-state index in [4.69, 9.17) is 0 Å². The molecule has 0 aromatic carbocycles. The monoisotopic (exact) mass is 270 g/mol. The predicted octanol–water partition coefficient (Wildman–Crippen LogP) is 1.88. The molecule has 1 fully saturated rings. The van der Waals surface area contributed by atoms with Crippen molar-refractivity contribution in [1.82, 2.24) is 14.3 Å². The number of nitrogens with zero attached hydrogens (tertiary/aromatic N) is 4. The minimum absolute atomic E-state index is 0.0182. The molecule has 20 heavy (non-hydrogen) atoms. The first-order valence-electron chi connectivity index (χ1n) is 7.02. The first kappa shape index (κ1) is 11.8. The van der Waals surface area contributed by atoms with Crippen LogP contribution in [0.15, 0.2) is 30.9 Å². The lowest BCUT2D eigenvalue weighted by atomic mass is 10.1. The lowest BCUT2D eigenvalue weighted by Gasteiger charge is -2.19. The quantitative estimate of drug-likeness (QED) is 0.925. The fourth-order valence-corrected chi connectivity index (χ4v) is 2.77. The van der Waals surface area contributed by atoms with Crippen molar-refractivity contribution in [3.8, 4) is 0 Å². The second-order valence-electron chi connectivity index (χ2n) is 5.72. The summed E-state index contributed by atoms with van der Waals surface area (Å²) in [6.45, 7) is 0.820. The number of imidazole rings is 1. The van der Waals surface area contributed by atoms with Crippen LogP contribution in [0.2, 0.25) is 0 Å². The van der Waals surface area contributed by atoms with Crippen molar-refractivity contribution >= 4 is 11.3 Å². The molecule has 2 aliphatic rings. The maximum absolute atomic E-state index is 9.32. The van der Waals surface area contributed by atoms with Crippen molar-refractivity contribution in [3.63, 3.8) is 0 Å². The van der Waals surface area contributed by atoms with Gasteiger partial charge in [-0.1, -0.05) is 0 Å². The van der Waals surface area contributed by atoms with Crippen LogP contribution in [-0.4, -0.2) is 33.1 Å². The van der Waals surface area contributed by atoms with Gasteiger partial charge in [-0.15, -0.1) is 0 Å². The molecule has 3 heterocycles. The predicted molar refractivity (Wildman–Crippen MR) is 77.3 cm³/mol. The number of hydrogen-bond acceptors (Lipinski definition) is 4. The van der Waals surface area contributed by atoms with Crippen molar-refractivity contribution in [2.24, 2.45) is 0 Å². The number of pyridine rings is 1. The fourth-order valence-electron chi connectivity index (χ4n) is 2.77. The molecule has 0 unspecified atom stereocenters. The van der Waals surface area contributed by atoms with Crippen LogP contribution >= 0.6 is 0 Å². The van der Waals surface area contributed by atoms with Gasteiger partial charge in [0.1, 0.15) is 0 Å². The fraction of sp³-hybridized carbons (Fsp3) is 0.400. The number of anilines is 1. The minimum Gasteiger partial charge on any atom is -0.390 e. The van der Waals surface area contributed by atoms with E-state index in [1.54, 1.807) is 0 Å². The summed E-state index contributed by atoms with van der Waals surface area (Å²) in [4.78, 5) is 8.88. The summed E-state index contributed by atoms with van der Waals surface area (Å²) >= 11 is 0. The number of fused-ring (bicyclic) bond motifs is 1. The Hall–Kier alpha value is -2.01. The highest BCUT2D eigenvalue weighted by Gasteiger charge is 2.26. The maximum atomic E-state index is 9.32. The largest absolute Gasteiger partial charge is 0.390 e. The van der Waals surface area contributed by atoms with E-state index in [1.807, 2.05) is 6.20 Å². The summed E-state index contributed by atoms with van der Waals surface area (Å²) in [5.41, 5.74) is 4.13. The summed E-state index contributed by atoms with van der Waals surface area (Å²) in [6, 6.07) is 2.25. The van der Waals surface area contributed by atoms with Gasteiger partial charge in [0.25, 0.3) is 0 Å². The van der Waals surface area contributed by atoms with E-state index in [0.29, 0.717) is 5.92 Å². The molecule has 2 aromatic heterocycles. The van der Waals surface area contributed by atoms with Gasteiger partial charge < -0.3 is 19.3 Å². The maximum Gasteiger partial charge on any atom is 0.161 e. The number of hydrogen-bond donors (Lipinski definition) is 1. The molecule has 0 radical (unpaired) electrons. The van der Waals surface area contributed by atoms with Gasteiger partial charge in [0.15, 0.2) is 5.65 Å². The van der Waals surface area contributed by atoms with Gasteiger partial charge in [-0.2, -0.15) is 0 Å². The summed E-state index contributed by atoms with van der Waals surface area (Å²) in [5, 5.41) is 9.32. The van der Waals surface area contributed by atoms with Gasteiger partial charge in [-0.3, -0.25) is 0 Å². The molecule has 1 aliphatic heterocycles. The second kappa shape index (κ2) is 4.24. The molecule has 1 saturated carbocycles. The average Bonchev–Trinajstić information content (AvgIpc) is 3.08. The van der Waals surface area contributed by atoms with Crippen LogP contribution in [0.5, 0.6) is 0 Å². The summed E-state index contributed by atoms with van der Waals surface area (Å²) in [5.74, 6) is 0.697. The van der Waals surface area contributed by atoms with E-state index < -0.39 is 0 Å². The molecule has 5 heteroatoms. The first-order valence-corrected chi connectivity index (χ1v) is 7.02. The third kappa shape index (κ3) is 1.86. The van der Waals surface area contributed by atoms with Crippen LogP contribution in [0.25, 0.3) is 5.65 Å². The third-order valence-electron chi connectivity index (χ3n) is 4.00. The van der Waals surface area contributed by atoms with Crippen LogP contribution in [0, 0.1) is 0 Å². The summed E-state index contributed by atoms with van der Waals surface area (Å²) < 4.78 is 2.06. The molecular formula is C15H18N4O. The second-order valence-corrected chi connectivity index (χ2v) is 5.72. The van der Waals surface area contributed by atoms with E-state index in [1.165, 1.54) is 18.4 Å². The smallest absolute Gasteiger partial charge is 0.161 e. The Morgan fingerprint density at radius 3 is 2.80 bits per heavy atom. The first-order chi connectivity index (χ1) is 9.74. The summed E-state index contributed by atoms with van der Waals surface area (Å²) in [6.07, 6.45) is 10.8. The van der Waals surface area contributed by atoms with Crippen LogP contribution in [0.1, 0.15) is 30.0 Å². The zero-order valence-corrected chi connectivity index (χ0v) is 11.5. The number of aromatic nitrogens is 2. The van der Waals surface area contributed by atoms with Crippen molar-refractivity contribution in [2.45, 2.75) is 25.4 Å². The molecule has 4 rings (SSSR count). The molecule has 2 aromatic rings. The van der Waals surface area contributed by atoms with Gasteiger partial charge in [-0.25, -0.2) is 4.98 Å². The normalized spacial score (nSPS) is 18.5. The minimum atomic E-state index is -0.0182. The SMILES string of the molecule is CN1C=CN(c2cc(C3CC3)cn3cc(CO)nc23)C1. The lowest BCUT2D eigenvalue weighted by Crippen LogP contribution is -2.22. The van der Waals surface area contributed by atoms with Gasteiger partial charge in [0, 0.05) is 31.8 Å². The standard InChI is InChI=1S/C15H18N4O/c1-17-4-5-18(10-17)14-6-12(11-2-3-11)7-19-8-13(9-20)16-15(14)19/h4-8,11,20H,2-3,9-10H2,1H3. The van der Waals surface area contributed by atoms with E-state index in [0.717, 1.165) is 23.7 Å². The Morgan fingerprint density at radius 2 is 2.15 bits per heavy atom. The molecule has 0 spiro atoms. The molecule has 0 saturated heterocycles. The highest BCUT2D eigenvalue weighted by atomic mass is 16.3. The molecule has 5 nitrogen and oxygen atoms in total. The Kier molecular flexibility index (Phi) is 2.50. The topological polar surface area (TPSA) is 44.0 Å². The van der Waals surface area contributed by atoms with Gasteiger partial charge in [-0.05, 0) is 30.4 Å². The van der Waals surface area contributed by atoms with E-state index in [2.05, 4.69) is 50.9 Å². The van der Waals surface area contributed by atoms with Crippen LogP contribution < -0.4 is 4.90 Å². The Morgan fingerprint density at radius 1 is 1.30 bits per heavy atom. The zero-order valence-electron chi connectivity index (χ0n) is 11.5. The average molecular weight is 270 g/mol. The van der Waals surface area contributed by atoms with Crippen molar-refractivity contribution in [3.05, 3.63) is 42.1 Å². The van der Waals surface area contributed by atoms with Crippen LogP contribution in [-0.2, 0) is 6.61 Å². The third-order valence-corrected chi connectivity index (χ3v) is 4.00. The molecular weight excluding hydrogens is 252 g/mol. The van der Waals surface area contributed by atoms with Crippen molar-refractivity contribution < 1.29 is 5.11 Å². The molecule has 104 valence electrons. The molecule has 1 N–H and O–H groups in total. The van der Waals surface area contributed by atoms with E-state index >= 15 is 0 Å². The highest BCUT2D eigenvalue weighted by molar-refractivity contribution is 5.72. The van der Waals surface area contributed by atoms with Crippen LogP contribution in [0.3, 0.4) is 0 Å². The Bertz CT molecular complexity index is 686. The Labute approximate surface area is 117 Å². The molecule has 0 bridgehead atoms. The van der Waals surface area contributed by atoms with Crippen molar-refractivity contribution in [1.29, 1.82) is 0 Å². The van der Waals surface area contributed by atoms with Crippen LogP contribution in [0.4, 0.5) is 5.69 Å². The molecule has 0 atom stereocenters. The zero-order chi connectivity index (χ0) is 13.7.